The van der Waals surface area contributed by atoms with E-state index >= 15 is 0 Å². The Labute approximate surface area is 210 Å². The number of hydrogen-bond acceptors (Lipinski definition) is 5. The summed E-state index contributed by atoms with van der Waals surface area (Å²) in [5.74, 6) is -0.438. The maximum absolute atomic E-state index is 12.4. The van der Waals surface area contributed by atoms with E-state index in [1.165, 1.54) is 10.9 Å². The molecular formula is C20H25Cl4N5O3. The topological polar surface area (TPSA) is 96.3 Å². The molecule has 0 aliphatic carbocycles. The number of imide groups is 1. The predicted molar refractivity (Wildman–Crippen MR) is 136 cm³/mol. The third-order valence-electron chi connectivity index (χ3n) is 4.23. The van der Waals surface area contributed by atoms with Gasteiger partial charge in [-0.2, -0.15) is 0 Å². The number of halogens is 4. The summed E-state index contributed by atoms with van der Waals surface area (Å²) in [6.45, 7) is 2.51. The highest BCUT2D eigenvalue weighted by Gasteiger charge is 2.13. The zero-order valence-corrected chi connectivity index (χ0v) is 20.4. The average molecular weight is 525 g/mol. The number of fused-ring (bicyclic) bond motifs is 1. The molecule has 32 heavy (non-hydrogen) atoms. The molecule has 0 unspecified atom stereocenters. The van der Waals surface area contributed by atoms with E-state index in [-0.39, 0.29) is 68.4 Å². The van der Waals surface area contributed by atoms with Crippen LogP contribution < -0.4 is 21.1 Å². The Bertz CT molecular complexity index is 1050. The summed E-state index contributed by atoms with van der Waals surface area (Å²) in [6.07, 6.45) is 1.36. The molecule has 0 radical (unpaired) electrons. The van der Waals surface area contributed by atoms with Crippen molar-refractivity contribution >= 4 is 78.2 Å². The zero-order valence-electron chi connectivity index (χ0n) is 17.1. The summed E-state index contributed by atoms with van der Waals surface area (Å²) in [7, 11) is 0. The number of benzene rings is 2. The van der Waals surface area contributed by atoms with E-state index in [9.17, 15) is 14.4 Å². The summed E-state index contributed by atoms with van der Waals surface area (Å²) in [5, 5.41) is 5.24. The summed E-state index contributed by atoms with van der Waals surface area (Å²) < 4.78 is 1.27. The molecule has 0 aliphatic rings. The van der Waals surface area contributed by atoms with Gasteiger partial charge in [0, 0.05) is 12.2 Å². The molecule has 2 aromatic carbocycles. The van der Waals surface area contributed by atoms with Crippen molar-refractivity contribution in [1.82, 2.24) is 20.2 Å². The minimum atomic E-state index is -0.672. The molecule has 1 aromatic heterocycles. The van der Waals surface area contributed by atoms with Gasteiger partial charge in [-0.3, -0.25) is 19.5 Å². The standard InChI is InChI=1S/C20H21N5O3.4ClH/c1-2-24(15-8-4-3-5-9-15)12-18(26)23-20(28)22-14-25-13-21-17-11-7-6-10-16(17)19(25)27;;;;/h3-11,13H,2,12,14H2,1H3,(H2,22,23,26,28);4*1H. The van der Waals surface area contributed by atoms with E-state index in [0.717, 1.165) is 5.69 Å². The van der Waals surface area contributed by atoms with E-state index in [0.29, 0.717) is 17.4 Å². The van der Waals surface area contributed by atoms with Gasteiger partial charge in [0.2, 0.25) is 5.91 Å². The number of nitrogens with zero attached hydrogens (tertiary/aromatic N) is 3. The molecule has 3 rings (SSSR count). The molecule has 1 heterocycles. The van der Waals surface area contributed by atoms with Gasteiger partial charge in [-0.05, 0) is 31.2 Å². The first kappa shape index (κ1) is 31.7. The first-order valence-electron chi connectivity index (χ1n) is 8.90. The fourth-order valence-corrected chi connectivity index (χ4v) is 2.78. The van der Waals surface area contributed by atoms with Crippen LogP contribution in [0.2, 0.25) is 0 Å². The number of likely N-dealkylation sites (N-methyl/N-ethyl adjacent to an activating group) is 1. The molecule has 3 amide bonds. The number of rotatable bonds is 6. The van der Waals surface area contributed by atoms with Crippen LogP contribution in [0.5, 0.6) is 0 Å². The van der Waals surface area contributed by atoms with Crippen LogP contribution in [0.15, 0.2) is 65.7 Å². The van der Waals surface area contributed by atoms with Crippen molar-refractivity contribution in [2.75, 3.05) is 18.0 Å². The lowest BCUT2D eigenvalue weighted by molar-refractivity contribution is -0.118. The lowest BCUT2D eigenvalue weighted by Crippen LogP contribution is -2.45. The van der Waals surface area contributed by atoms with Crippen LogP contribution in [0.1, 0.15) is 6.92 Å². The Morgan fingerprint density at radius 1 is 0.969 bits per heavy atom. The Hall–Kier alpha value is -2.52. The predicted octanol–water partition coefficient (Wildman–Crippen LogP) is 3.39. The number of nitrogens with one attached hydrogen (secondary N) is 2. The minimum Gasteiger partial charge on any atom is -0.362 e. The molecule has 0 fully saturated rings. The number of anilines is 1. The van der Waals surface area contributed by atoms with Crippen molar-refractivity contribution in [2.24, 2.45) is 0 Å². The molecule has 0 aliphatic heterocycles. The fraction of sp³-hybridized carbons (Fsp3) is 0.200. The molecular weight excluding hydrogens is 500 g/mol. The molecule has 0 spiro atoms. The monoisotopic (exact) mass is 523 g/mol. The lowest BCUT2D eigenvalue weighted by atomic mass is 10.2. The van der Waals surface area contributed by atoms with Gasteiger partial charge in [0.15, 0.2) is 0 Å². The zero-order chi connectivity index (χ0) is 19.9. The van der Waals surface area contributed by atoms with Crippen molar-refractivity contribution in [3.63, 3.8) is 0 Å². The van der Waals surface area contributed by atoms with Crippen LogP contribution in [0.25, 0.3) is 10.9 Å². The lowest BCUT2D eigenvalue weighted by Gasteiger charge is -2.22. The third-order valence-corrected chi connectivity index (χ3v) is 4.23. The number of amides is 3. The highest BCUT2D eigenvalue weighted by atomic mass is 35.5. The van der Waals surface area contributed by atoms with E-state index in [1.807, 2.05) is 42.2 Å². The molecule has 0 atom stereocenters. The first-order valence-corrected chi connectivity index (χ1v) is 8.90. The molecule has 2 N–H and O–H groups in total. The maximum Gasteiger partial charge on any atom is 0.322 e. The summed E-state index contributed by atoms with van der Waals surface area (Å²) in [6, 6.07) is 15.8. The highest BCUT2D eigenvalue weighted by Crippen LogP contribution is 2.12. The van der Waals surface area contributed by atoms with Crippen molar-refractivity contribution in [3.8, 4) is 0 Å². The molecule has 0 bridgehead atoms. The number of aromatic nitrogens is 2. The summed E-state index contributed by atoms with van der Waals surface area (Å²) >= 11 is 0. The smallest absolute Gasteiger partial charge is 0.322 e. The van der Waals surface area contributed by atoms with E-state index in [2.05, 4.69) is 15.6 Å². The van der Waals surface area contributed by atoms with Crippen LogP contribution >= 0.6 is 49.6 Å². The van der Waals surface area contributed by atoms with E-state index < -0.39 is 11.9 Å². The van der Waals surface area contributed by atoms with Crippen LogP contribution in [0.3, 0.4) is 0 Å². The number of urea groups is 1. The second-order valence-electron chi connectivity index (χ2n) is 6.10. The molecule has 3 aromatic rings. The first-order chi connectivity index (χ1) is 13.6. The van der Waals surface area contributed by atoms with Gasteiger partial charge in [-0.15, -0.1) is 49.6 Å². The van der Waals surface area contributed by atoms with Crippen LogP contribution in [-0.2, 0) is 11.5 Å². The molecule has 0 saturated carbocycles. The van der Waals surface area contributed by atoms with Gasteiger partial charge >= 0.3 is 6.03 Å². The second kappa shape index (κ2) is 15.3. The Balaban J connectivity index is 0. The normalized spacial score (nSPS) is 9.16. The number of para-hydroxylation sites is 2. The average Bonchev–Trinajstić information content (AvgIpc) is 2.72. The number of carbonyl (C=O) groups excluding carboxylic acids is 2. The largest absolute Gasteiger partial charge is 0.362 e. The van der Waals surface area contributed by atoms with Crippen molar-refractivity contribution < 1.29 is 9.59 Å². The molecule has 176 valence electrons. The Morgan fingerprint density at radius 3 is 2.25 bits per heavy atom. The van der Waals surface area contributed by atoms with Gasteiger partial charge in [-0.25, -0.2) is 9.78 Å². The highest BCUT2D eigenvalue weighted by molar-refractivity contribution is 5.96. The van der Waals surface area contributed by atoms with Gasteiger partial charge in [0.05, 0.1) is 23.8 Å². The quantitative estimate of drug-likeness (QED) is 0.515. The third kappa shape index (κ3) is 8.20. The molecule has 8 nitrogen and oxygen atoms in total. The van der Waals surface area contributed by atoms with Crippen molar-refractivity contribution in [3.05, 3.63) is 71.3 Å². The number of hydrogen-bond donors (Lipinski definition) is 2. The number of carbonyl (C=O) groups is 2. The van der Waals surface area contributed by atoms with Gasteiger partial charge < -0.3 is 10.2 Å². The molecule has 0 saturated heterocycles. The fourth-order valence-electron chi connectivity index (χ4n) is 2.78. The van der Waals surface area contributed by atoms with E-state index in [1.54, 1.807) is 24.3 Å². The van der Waals surface area contributed by atoms with Crippen LogP contribution in [0, 0.1) is 0 Å². The van der Waals surface area contributed by atoms with E-state index in [4.69, 9.17) is 0 Å². The maximum atomic E-state index is 12.4. The van der Waals surface area contributed by atoms with Crippen LogP contribution in [0.4, 0.5) is 10.5 Å². The van der Waals surface area contributed by atoms with Crippen molar-refractivity contribution in [2.45, 2.75) is 13.6 Å². The van der Waals surface area contributed by atoms with Crippen LogP contribution in [-0.4, -0.2) is 34.6 Å². The Morgan fingerprint density at radius 2 is 1.59 bits per heavy atom. The second-order valence-corrected chi connectivity index (χ2v) is 6.10. The van der Waals surface area contributed by atoms with Gasteiger partial charge in [0.1, 0.15) is 6.67 Å². The van der Waals surface area contributed by atoms with Crippen molar-refractivity contribution in [1.29, 1.82) is 0 Å². The Kier molecular flexibility index (Phi) is 15.1. The summed E-state index contributed by atoms with van der Waals surface area (Å²) in [4.78, 5) is 42.6. The molecule has 12 heteroatoms. The summed E-state index contributed by atoms with van der Waals surface area (Å²) in [5.41, 5.74) is 1.22. The minimum absolute atomic E-state index is 0. The van der Waals surface area contributed by atoms with Gasteiger partial charge in [0.25, 0.3) is 5.56 Å². The van der Waals surface area contributed by atoms with Gasteiger partial charge in [-0.1, -0.05) is 30.3 Å². The SMILES string of the molecule is CCN(CC(=O)NC(=O)NCn1cnc2ccccc2c1=O)c1ccccc1.Cl.Cl.Cl.Cl.